The number of halogens is 1. The summed E-state index contributed by atoms with van der Waals surface area (Å²) >= 11 is 7.66. The van der Waals surface area contributed by atoms with Crippen molar-refractivity contribution >= 4 is 40.9 Å². The minimum Gasteiger partial charge on any atom is -0.337 e. The molecule has 2 aromatic rings. The lowest BCUT2D eigenvalue weighted by molar-refractivity contribution is -0.120. The third kappa shape index (κ3) is 5.75. The highest BCUT2D eigenvalue weighted by atomic mass is 35.5. The minimum atomic E-state index is -0.269. The second-order valence-electron chi connectivity index (χ2n) is 7.09. The molecule has 1 fully saturated rings. The Morgan fingerprint density at radius 2 is 1.86 bits per heavy atom. The topological polar surface area (TPSA) is 52.7 Å². The van der Waals surface area contributed by atoms with Crippen LogP contribution in [0.2, 0.25) is 5.02 Å². The molecule has 1 atom stereocenters. The summed E-state index contributed by atoms with van der Waals surface area (Å²) in [4.78, 5) is 30.6. The Morgan fingerprint density at radius 1 is 1.07 bits per heavy atom. The number of benzene rings is 2. The van der Waals surface area contributed by atoms with E-state index < -0.39 is 0 Å². The van der Waals surface area contributed by atoms with Crippen molar-refractivity contribution in [3.63, 3.8) is 0 Å². The van der Waals surface area contributed by atoms with E-state index in [9.17, 15) is 9.59 Å². The molecule has 0 radical (unpaired) electrons. The molecule has 5 nitrogen and oxygen atoms in total. The lowest BCUT2D eigenvalue weighted by Gasteiger charge is -2.27. The van der Waals surface area contributed by atoms with Crippen LogP contribution in [-0.4, -0.2) is 60.1 Å². The van der Waals surface area contributed by atoms with Gasteiger partial charge in [-0.15, -0.1) is 11.8 Å². The van der Waals surface area contributed by atoms with Crippen molar-refractivity contribution in [1.82, 2.24) is 9.80 Å². The molecule has 0 saturated carbocycles. The molecule has 1 heterocycles. The SMILES string of the molecule is CSc1cccc(NC(=O)C(C)N2CCCN(C(=O)c3cccc(Cl)c3)CC2)c1. The molecule has 2 amide bonds. The first-order chi connectivity index (χ1) is 14.0. The fourth-order valence-corrected chi connectivity index (χ4v) is 4.10. The monoisotopic (exact) mass is 431 g/mol. The van der Waals surface area contributed by atoms with Crippen LogP contribution in [0.15, 0.2) is 53.4 Å². The molecule has 1 saturated heterocycles. The van der Waals surface area contributed by atoms with E-state index in [4.69, 9.17) is 11.6 Å². The summed E-state index contributed by atoms with van der Waals surface area (Å²) in [5, 5.41) is 3.57. The van der Waals surface area contributed by atoms with E-state index in [1.807, 2.05) is 42.3 Å². The molecule has 7 heteroatoms. The van der Waals surface area contributed by atoms with Crippen molar-refractivity contribution < 1.29 is 9.59 Å². The van der Waals surface area contributed by atoms with Crippen molar-refractivity contribution in [2.24, 2.45) is 0 Å². The number of hydrogen-bond donors (Lipinski definition) is 1. The first-order valence-corrected chi connectivity index (χ1v) is 11.3. The van der Waals surface area contributed by atoms with E-state index in [-0.39, 0.29) is 17.9 Å². The van der Waals surface area contributed by atoms with Crippen molar-refractivity contribution in [1.29, 1.82) is 0 Å². The highest BCUT2D eigenvalue weighted by Crippen LogP contribution is 2.20. The maximum Gasteiger partial charge on any atom is 0.253 e. The third-order valence-corrected chi connectivity index (χ3v) is 6.11. The zero-order valence-electron chi connectivity index (χ0n) is 16.7. The van der Waals surface area contributed by atoms with Gasteiger partial charge in [0.05, 0.1) is 6.04 Å². The van der Waals surface area contributed by atoms with Crippen LogP contribution < -0.4 is 5.32 Å². The van der Waals surface area contributed by atoms with Crippen molar-refractivity contribution in [3.05, 3.63) is 59.1 Å². The van der Waals surface area contributed by atoms with E-state index in [0.29, 0.717) is 30.2 Å². The van der Waals surface area contributed by atoms with E-state index >= 15 is 0 Å². The predicted octanol–water partition coefficient (Wildman–Crippen LogP) is 4.24. The fourth-order valence-electron chi connectivity index (χ4n) is 3.45. The number of carbonyl (C=O) groups is 2. The Hall–Kier alpha value is -2.02. The normalized spacial score (nSPS) is 16.2. The van der Waals surface area contributed by atoms with Crippen LogP contribution in [-0.2, 0) is 4.79 Å². The number of nitrogens with one attached hydrogen (secondary N) is 1. The Labute approximate surface area is 181 Å². The predicted molar refractivity (Wildman–Crippen MR) is 120 cm³/mol. The number of carbonyl (C=O) groups excluding carboxylic acids is 2. The number of nitrogens with zero attached hydrogens (tertiary/aromatic N) is 2. The van der Waals surface area contributed by atoms with Crippen LogP contribution in [0.5, 0.6) is 0 Å². The van der Waals surface area contributed by atoms with Crippen molar-refractivity contribution in [2.45, 2.75) is 24.3 Å². The molecule has 0 aliphatic carbocycles. The average molecular weight is 432 g/mol. The van der Waals surface area contributed by atoms with Gasteiger partial charge in [-0.25, -0.2) is 0 Å². The number of thioether (sulfide) groups is 1. The first kappa shape index (κ1) is 21.7. The van der Waals surface area contributed by atoms with Crippen molar-refractivity contribution in [3.8, 4) is 0 Å². The Bertz CT molecular complexity index is 877. The number of anilines is 1. The van der Waals surface area contributed by atoms with E-state index in [2.05, 4.69) is 10.2 Å². The molecular weight excluding hydrogens is 406 g/mol. The lowest BCUT2D eigenvalue weighted by Crippen LogP contribution is -2.44. The number of rotatable bonds is 5. The maximum atomic E-state index is 12.8. The van der Waals surface area contributed by atoms with Crippen LogP contribution in [0.3, 0.4) is 0 Å². The summed E-state index contributed by atoms with van der Waals surface area (Å²) in [5.74, 6) is -0.0433. The van der Waals surface area contributed by atoms with Gasteiger partial charge in [0.2, 0.25) is 5.91 Å². The molecule has 0 aromatic heterocycles. The zero-order chi connectivity index (χ0) is 20.8. The molecular formula is C22H26ClN3O2S. The van der Waals surface area contributed by atoms with Gasteiger partial charge in [-0.1, -0.05) is 23.7 Å². The molecule has 1 aliphatic heterocycles. The Morgan fingerprint density at radius 3 is 2.62 bits per heavy atom. The van der Waals surface area contributed by atoms with E-state index in [0.717, 1.165) is 23.5 Å². The highest BCUT2D eigenvalue weighted by molar-refractivity contribution is 7.98. The molecule has 1 N–H and O–H groups in total. The Balaban J connectivity index is 1.59. The van der Waals surface area contributed by atoms with Crippen LogP contribution in [0.4, 0.5) is 5.69 Å². The van der Waals surface area contributed by atoms with Crippen molar-refractivity contribution in [2.75, 3.05) is 37.8 Å². The molecule has 154 valence electrons. The van der Waals surface area contributed by atoms with Crippen LogP contribution in [0.1, 0.15) is 23.7 Å². The van der Waals surface area contributed by atoms with Gasteiger partial charge >= 0.3 is 0 Å². The summed E-state index contributed by atoms with van der Waals surface area (Å²) in [5.41, 5.74) is 1.41. The van der Waals surface area contributed by atoms with Crippen LogP contribution in [0, 0.1) is 0 Å². The zero-order valence-corrected chi connectivity index (χ0v) is 18.3. The second kappa shape index (κ2) is 10.1. The molecule has 1 unspecified atom stereocenters. The summed E-state index contributed by atoms with van der Waals surface area (Å²) in [7, 11) is 0. The molecule has 29 heavy (non-hydrogen) atoms. The van der Waals surface area contributed by atoms with Gasteiger partial charge in [-0.2, -0.15) is 0 Å². The molecule has 0 bridgehead atoms. The maximum absolute atomic E-state index is 12.8. The number of amides is 2. The number of hydrogen-bond acceptors (Lipinski definition) is 4. The highest BCUT2D eigenvalue weighted by Gasteiger charge is 2.26. The molecule has 2 aromatic carbocycles. The van der Waals surface area contributed by atoms with Crippen LogP contribution in [0.25, 0.3) is 0 Å². The van der Waals surface area contributed by atoms with Gasteiger partial charge < -0.3 is 10.2 Å². The van der Waals surface area contributed by atoms with Gasteiger partial charge in [-0.05, 0) is 56.0 Å². The van der Waals surface area contributed by atoms with Gasteiger partial charge in [-0.3, -0.25) is 14.5 Å². The fraction of sp³-hybridized carbons (Fsp3) is 0.364. The van der Waals surface area contributed by atoms with E-state index in [1.165, 1.54) is 0 Å². The molecule has 3 rings (SSSR count). The minimum absolute atomic E-state index is 0.0136. The summed E-state index contributed by atoms with van der Waals surface area (Å²) in [6.07, 6.45) is 2.84. The Kier molecular flexibility index (Phi) is 7.58. The smallest absolute Gasteiger partial charge is 0.253 e. The van der Waals surface area contributed by atoms with Gasteiger partial charge in [0.15, 0.2) is 0 Å². The molecule has 1 aliphatic rings. The van der Waals surface area contributed by atoms with E-state index in [1.54, 1.807) is 36.0 Å². The quantitative estimate of drug-likeness (QED) is 0.719. The largest absolute Gasteiger partial charge is 0.337 e. The second-order valence-corrected chi connectivity index (χ2v) is 8.41. The molecule has 0 spiro atoms. The van der Waals surface area contributed by atoms with Gasteiger partial charge in [0.1, 0.15) is 0 Å². The van der Waals surface area contributed by atoms with Gasteiger partial charge in [0.25, 0.3) is 5.91 Å². The summed E-state index contributed by atoms with van der Waals surface area (Å²) in [6.45, 7) is 4.61. The van der Waals surface area contributed by atoms with Crippen LogP contribution >= 0.6 is 23.4 Å². The summed E-state index contributed by atoms with van der Waals surface area (Å²) in [6, 6.07) is 14.6. The standard InChI is InChI=1S/C22H26ClN3O2S/c1-16(21(27)24-19-8-4-9-20(15-19)29-2)25-10-5-11-26(13-12-25)22(28)17-6-3-7-18(23)14-17/h3-4,6-9,14-16H,5,10-13H2,1-2H3,(H,24,27). The lowest BCUT2D eigenvalue weighted by atomic mass is 10.2. The summed E-state index contributed by atoms with van der Waals surface area (Å²) < 4.78 is 0. The van der Waals surface area contributed by atoms with Gasteiger partial charge in [0, 0.05) is 47.3 Å². The first-order valence-electron chi connectivity index (χ1n) is 9.72. The average Bonchev–Trinajstić information content (AvgIpc) is 2.99. The third-order valence-electron chi connectivity index (χ3n) is 5.15.